The first-order valence-corrected chi connectivity index (χ1v) is 12.1. The molecule has 1 fully saturated rings. The topological polar surface area (TPSA) is 88.1 Å². The molecule has 3 aromatic rings. The van der Waals surface area contributed by atoms with Gasteiger partial charge in [0.1, 0.15) is 11.6 Å². The number of aromatic nitrogens is 3. The van der Waals surface area contributed by atoms with Gasteiger partial charge in [0.15, 0.2) is 0 Å². The molecule has 152 valence electrons. The number of anilines is 2. The van der Waals surface area contributed by atoms with Gasteiger partial charge in [0, 0.05) is 31.4 Å². The first-order valence-electron chi connectivity index (χ1n) is 9.46. The number of nitrogens with zero attached hydrogens (tertiary/aromatic N) is 4. The number of aryl methyl sites for hydroxylation is 1. The van der Waals surface area contributed by atoms with Gasteiger partial charge < -0.3 is 5.32 Å². The minimum atomic E-state index is -3.11. The lowest BCUT2D eigenvalue weighted by molar-refractivity contribution is 0.321. The molecule has 9 heteroatoms. The molecule has 0 bridgehead atoms. The Morgan fingerprint density at radius 2 is 1.93 bits per heavy atom. The second-order valence-electron chi connectivity index (χ2n) is 7.25. The van der Waals surface area contributed by atoms with Gasteiger partial charge in [-0.3, -0.25) is 0 Å². The molecule has 0 saturated carbocycles. The zero-order valence-electron chi connectivity index (χ0n) is 16.4. The van der Waals surface area contributed by atoms with Crippen LogP contribution in [0.3, 0.4) is 0 Å². The Morgan fingerprint density at radius 1 is 1.14 bits per heavy atom. The van der Waals surface area contributed by atoms with E-state index in [1.165, 1.54) is 6.26 Å². The van der Waals surface area contributed by atoms with E-state index in [4.69, 9.17) is 4.98 Å². The fourth-order valence-electron chi connectivity index (χ4n) is 3.41. The van der Waals surface area contributed by atoms with Gasteiger partial charge in [-0.15, -0.1) is 11.3 Å². The van der Waals surface area contributed by atoms with Crippen molar-refractivity contribution < 1.29 is 8.42 Å². The lowest BCUT2D eigenvalue weighted by atomic mass is 9.99. The van der Waals surface area contributed by atoms with Crippen LogP contribution in [0.25, 0.3) is 10.6 Å². The summed E-state index contributed by atoms with van der Waals surface area (Å²) in [5.74, 6) is 1.79. The molecule has 1 N–H and O–H groups in total. The maximum atomic E-state index is 11.7. The van der Waals surface area contributed by atoms with Gasteiger partial charge in [-0.05, 0) is 49.6 Å². The standard InChI is InChI=1S/C20H23N5O2S2/c1-14-6-9-21-19(12-14)24-18-5-3-4-16(23-18)17-13-22-20(28-17)15-7-10-25(11-8-15)29(2,26)27/h3-6,9,12-13,15H,7-8,10-11H2,1-2H3,(H,21,23,24). The highest BCUT2D eigenvalue weighted by atomic mass is 32.2. The third kappa shape index (κ3) is 4.80. The summed E-state index contributed by atoms with van der Waals surface area (Å²) >= 11 is 1.63. The average Bonchev–Trinajstić information content (AvgIpc) is 3.18. The summed E-state index contributed by atoms with van der Waals surface area (Å²) in [5, 5.41) is 4.29. The summed E-state index contributed by atoms with van der Waals surface area (Å²) in [6, 6.07) is 9.77. The van der Waals surface area contributed by atoms with Gasteiger partial charge in [-0.2, -0.15) is 0 Å². The fourth-order valence-corrected chi connectivity index (χ4v) is 5.34. The number of piperidine rings is 1. The molecule has 0 spiro atoms. The highest BCUT2D eigenvalue weighted by molar-refractivity contribution is 7.88. The molecular weight excluding hydrogens is 406 g/mol. The van der Waals surface area contributed by atoms with Crippen molar-refractivity contribution in [3.05, 3.63) is 53.3 Å². The van der Waals surface area contributed by atoms with Crippen molar-refractivity contribution in [1.82, 2.24) is 19.3 Å². The zero-order chi connectivity index (χ0) is 20.4. The Morgan fingerprint density at radius 3 is 2.66 bits per heavy atom. The van der Waals surface area contributed by atoms with Gasteiger partial charge in [0.25, 0.3) is 0 Å². The van der Waals surface area contributed by atoms with E-state index in [0.717, 1.165) is 45.6 Å². The van der Waals surface area contributed by atoms with Gasteiger partial charge in [-0.1, -0.05) is 6.07 Å². The second kappa shape index (κ2) is 8.17. The SMILES string of the molecule is Cc1ccnc(Nc2cccc(-c3cnc(C4CCN(S(C)(=O)=O)CC4)s3)n2)c1. The van der Waals surface area contributed by atoms with Crippen molar-refractivity contribution in [1.29, 1.82) is 0 Å². The molecule has 1 aliphatic rings. The lowest BCUT2D eigenvalue weighted by Gasteiger charge is -2.29. The minimum Gasteiger partial charge on any atom is -0.325 e. The third-order valence-electron chi connectivity index (χ3n) is 4.97. The van der Waals surface area contributed by atoms with Crippen LogP contribution in [0.15, 0.2) is 42.7 Å². The molecule has 0 atom stereocenters. The van der Waals surface area contributed by atoms with Gasteiger partial charge >= 0.3 is 0 Å². The van der Waals surface area contributed by atoms with Crippen LogP contribution in [0, 0.1) is 6.92 Å². The summed E-state index contributed by atoms with van der Waals surface area (Å²) in [6.45, 7) is 3.13. The van der Waals surface area contributed by atoms with E-state index in [-0.39, 0.29) is 0 Å². The van der Waals surface area contributed by atoms with E-state index in [0.29, 0.717) is 19.0 Å². The molecule has 7 nitrogen and oxygen atoms in total. The Hall–Kier alpha value is -2.36. The maximum Gasteiger partial charge on any atom is 0.211 e. The maximum absolute atomic E-state index is 11.7. The zero-order valence-corrected chi connectivity index (χ0v) is 18.0. The Bertz CT molecular complexity index is 1110. The van der Waals surface area contributed by atoms with E-state index in [1.807, 2.05) is 43.5 Å². The van der Waals surface area contributed by atoms with Crippen LogP contribution in [-0.4, -0.2) is 47.0 Å². The van der Waals surface area contributed by atoms with E-state index in [2.05, 4.69) is 15.3 Å². The molecule has 0 radical (unpaired) electrons. The number of nitrogens with one attached hydrogen (secondary N) is 1. The van der Waals surface area contributed by atoms with Crippen molar-refractivity contribution in [2.24, 2.45) is 0 Å². The summed E-state index contributed by atoms with van der Waals surface area (Å²) < 4.78 is 24.9. The first kappa shape index (κ1) is 19.9. The largest absolute Gasteiger partial charge is 0.325 e. The summed E-state index contributed by atoms with van der Waals surface area (Å²) in [4.78, 5) is 14.6. The molecular formula is C20H23N5O2S2. The Kier molecular flexibility index (Phi) is 5.62. The molecule has 4 rings (SSSR count). The number of sulfonamides is 1. The molecule has 0 aliphatic carbocycles. The highest BCUT2D eigenvalue weighted by Gasteiger charge is 2.27. The monoisotopic (exact) mass is 429 g/mol. The second-order valence-corrected chi connectivity index (χ2v) is 10.3. The van der Waals surface area contributed by atoms with E-state index >= 15 is 0 Å². The number of thiazole rings is 1. The number of pyridine rings is 2. The molecule has 0 amide bonds. The predicted molar refractivity (Wildman–Crippen MR) is 116 cm³/mol. The van der Waals surface area contributed by atoms with Crippen LogP contribution in [0.4, 0.5) is 11.6 Å². The Labute approximate surface area is 174 Å². The highest BCUT2D eigenvalue weighted by Crippen LogP contribution is 2.35. The molecule has 1 aliphatic heterocycles. The molecule has 0 unspecified atom stereocenters. The fraction of sp³-hybridized carbons (Fsp3) is 0.350. The van der Waals surface area contributed by atoms with Crippen LogP contribution < -0.4 is 5.32 Å². The molecule has 3 aromatic heterocycles. The smallest absolute Gasteiger partial charge is 0.211 e. The molecule has 29 heavy (non-hydrogen) atoms. The quantitative estimate of drug-likeness (QED) is 0.664. The van der Waals surface area contributed by atoms with Gasteiger partial charge in [0.05, 0.1) is 21.8 Å². The van der Waals surface area contributed by atoms with Crippen molar-refractivity contribution in [2.75, 3.05) is 24.7 Å². The van der Waals surface area contributed by atoms with E-state index < -0.39 is 10.0 Å². The normalized spacial score (nSPS) is 16.1. The third-order valence-corrected chi connectivity index (χ3v) is 7.45. The van der Waals surface area contributed by atoms with Crippen LogP contribution in [0.5, 0.6) is 0 Å². The minimum absolute atomic E-state index is 0.296. The van der Waals surface area contributed by atoms with Crippen LogP contribution in [-0.2, 0) is 10.0 Å². The van der Waals surface area contributed by atoms with Crippen LogP contribution >= 0.6 is 11.3 Å². The van der Waals surface area contributed by atoms with Crippen LogP contribution in [0.1, 0.15) is 29.3 Å². The van der Waals surface area contributed by atoms with E-state index in [1.54, 1.807) is 21.8 Å². The molecule has 4 heterocycles. The van der Waals surface area contributed by atoms with Crippen molar-refractivity contribution in [3.8, 4) is 10.6 Å². The summed E-state index contributed by atoms with van der Waals surface area (Å²) in [5.41, 5.74) is 1.99. The van der Waals surface area contributed by atoms with Crippen LogP contribution in [0.2, 0.25) is 0 Å². The van der Waals surface area contributed by atoms with Crippen molar-refractivity contribution in [3.63, 3.8) is 0 Å². The number of hydrogen-bond donors (Lipinski definition) is 1. The number of hydrogen-bond acceptors (Lipinski definition) is 7. The molecule has 0 aromatic carbocycles. The lowest BCUT2D eigenvalue weighted by Crippen LogP contribution is -2.37. The van der Waals surface area contributed by atoms with E-state index in [9.17, 15) is 8.42 Å². The van der Waals surface area contributed by atoms with Gasteiger partial charge in [-0.25, -0.2) is 27.7 Å². The number of rotatable bonds is 5. The summed E-state index contributed by atoms with van der Waals surface area (Å²) in [7, 11) is -3.11. The predicted octanol–water partition coefficient (Wildman–Crippen LogP) is 3.79. The average molecular weight is 430 g/mol. The first-order chi connectivity index (χ1) is 13.9. The van der Waals surface area contributed by atoms with Crippen molar-refractivity contribution in [2.45, 2.75) is 25.7 Å². The Balaban J connectivity index is 1.47. The van der Waals surface area contributed by atoms with Gasteiger partial charge in [0.2, 0.25) is 10.0 Å². The summed E-state index contributed by atoms with van der Waals surface area (Å²) in [6.07, 6.45) is 6.50. The molecule has 1 saturated heterocycles. The van der Waals surface area contributed by atoms with Crippen molar-refractivity contribution >= 4 is 33.0 Å².